The van der Waals surface area contributed by atoms with E-state index in [0.29, 0.717) is 11.3 Å². The summed E-state index contributed by atoms with van der Waals surface area (Å²) in [7, 11) is 2.06. The van der Waals surface area contributed by atoms with E-state index in [1.54, 1.807) is 0 Å². The van der Waals surface area contributed by atoms with Crippen molar-refractivity contribution in [2.75, 3.05) is 19.3 Å². The summed E-state index contributed by atoms with van der Waals surface area (Å²) in [6, 6.07) is 0.674. The Bertz CT molecular complexity index is 232. The normalized spacial score (nSPS) is 27.8. The van der Waals surface area contributed by atoms with E-state index >= 15 is 0 Å². The fraction of sp³-hybridized carbons (Fsp3) is 0.909. The van der Waals surface area contributed by atoms with Crippen molar-refractivity contribution in [1.29, 1.82) is 0 Å². The van der Waals surface area contributed by atoms with Crippen LogP contribution in [0.4, 0.5) is 0 Å². The number of thioether (sulfide) groups is 1. The highest BCUT2D eigenvalue weighted by atomic mass is 32.2. The number of hydrogen-bond acceptors (Lipinski definition) is 2. The van der Waals surface area contributed by atoms with Crippen LogP contribution in [0.5, 0.6) is 0 Å². The Morgan fingerprint density at radius 2 is 2.20 bits per heavy atom. The van der Waals surface area contributed by atoms with Gasteiger partial charge in [0.1, 0.15) is 0 Å². The van der Waals surface area contributed by atoms with Gasteiger partial charge in [0.15, 0.2) is 5.96 Å². The van der Waals surface area contributed by atoms with Crippen LogP contribution in [0.15, 0.2) is 4.99 Å². The van der Waals surface area contributed by atoms with E-state index in [1.807, 2.05) is 0 Å². The lowest BCUT2D eigenvalue weighted by atomic mass is 10.2. The van der Waals surface area contributed by atoms with Crippen LogP contribution >= 0.6 is 11.8 Å². The minimum absolute atomic E-state index is 0.674. The molecule has 1 unspecified atom stereocenters. The Labute approximate surface area is 96.5 Å². The number of aliphatic imine (C=N–C) groups is 1. The standard InChI is InChI=1S/C11H21N3S/c1-14(9-5-6-9)11(12)13-8-10-4-2-3-7-15-10/h9-10H,2-8H2,1H3,(H2,12,13). The molecule has 4 heteroatoms. The van der Waals surface area contributed by atoms with E-state index in [1.165, 1.54) is 37.9 Å². The third kappa shape index (κ3) is 3.30. The second-order valence-electron chi connectivity index (χ2n) is 4.53. The first kappa shape index (κ1) is 11.1. The molecule has 2 N–H and O–H groups in total. The van der Waals surface area contributed by atoms with E-state index in [4.69, 9.17) is 5.73 Å². The van der Waals surface area contributed by atoms with Crippen molar-refractivity contribution in [2.45, 2.75) is 43.4 Å². The predicted octanol–water partition coefficient (Wildman–Crippen LogP) is 1.68. The van der Waals surface area contributed by atoms with Gasteiger partial charge >= 0.3 is 0 Å². The molecule has 15 heavy (non-hydrogen) atoms. The summed E-state index contributed by atoms with van der Waals surface area (Å²) in [6.45, 7) is 0.910. The first-order chi connectivity index (χ1) is 7.27. The Balaban J connectivity index is 1.75. The first-order valence-corrected chi connectivity index (χ1v) is 6.96. The Kier molecular flexibility index (Phi) is 3.78. The highest BCUT2D eigenvalue weighted by Gasteiger charge is 2.27. The van der Waals surface area contributed by atoms with Gasteiger partial charge in [0, 0.05) is 18.3 Å². The number of nitrogens with two attached hydrogens (primary N) is 1. The summed E-state index contributed by atoms with van der Waals surface area (Å²) < 4.78 is 0. The van der Waals surface area contributed by atoms with Gasteiger partial charge in [-0.3, -0.25) is 4.99 Å². The average Bonchev–Trinajstić information content (AvgIpc) is 3.10. The summed E-state index contributed by atoms with van der Waals surface area (Å²) >= 11 is 2.06. The number of nitrogens with zero attached hydrogens (tertiary/aromatic N) is 2. The Morgan fingerprint density at radius 3 is 2.80 bits per heavy atom. The maximum absolute atomic E-state index is 5.94. The van der Waals surface area contributed by atoms with Crippen molar-refractivity contribution >= 4 is 17.7 Å². The van der Waals surface area contributed by atoms with Gasteiger partial charge < -0.3 is 10.6 Å². The molecule has 1 aliphatic heterocycles. The molecule has 0 amide bonds. The molecule has 0 radical (unpaired) electrons. The molecule has 86 valence electrons. The fourth-order valence-electron chi connectivity index (χ4n) is 1.91. The predicted molar refractivity (Wildman–Crippen MR) is 67.4 cm³/mol. The van der Waals surface area contributed by atoms with E-state index in [2.05, 4.69) is 28.7 Å². The van der Waals surface area contributed by atoms with Crippen LogP contribution in [-0.2, 0) is 0 Å². The molecule has 0 aromatic rings. The minimum Gasteiger partial charge on any atom is -0.370 e. The van der Waals surface area contributed by atoms with E-state index in [-0.39, 0.29) is 0 Å². The molecule has 1 aliphatic carbocycles. The largest absolute Gasteiger partial charge is 0.370 e. The molecule has 1 atom stereocenters. The van der Waals surface area contributed by atoms with Gasteiger partial charge in [-0.2, -0.15) is 11.8 Å². The zero-order valence-corrected chi connectivity index (χ0v) is 10.3. The van der Waals surface area contributed by atoms with Crippen molar-refractivity contribution in [3.05, 3.63) is 0 Å². The lowest BCUT2D eigenvalue weighted by Crippen LogP contribution is -2.36. The zero-order valence-electron chi connectivity index (χ0n) is 9.48. The van der Waals surface area contributed by atoms with Crippen molar-refractivity contribution in [1.82, 2.24) is 4.90 Å². The lowest BCUT2D eigenvalue weighted by Gasteiger charge is -2.21. The number of hydrogen-bond donors (Lipinski definition) is 1. The van der Waals surface area contributed by atoms with Gasteiger partial charge in [-0.1, -0.05) is 6.42 Å². The monoisotopic (exact) mass is 227 g/mol. The van der Waals surface area contributed by atoms with Crippen molar-refractivity contribution in [3.63, 3.8) is 0 Å². The van der Waals surface area contributed by atoms with Crippen molar-refractivity contribution in [2.24, 2.45) is 10.7 Å². The van der Waals surface area contributed by atoms with Crippen LogP contribution in [0.2, 0.25) is 0 Å². The summed E-state index contributed by atoms with van der Waals surface area (Å²) in [4.78, 5) is 6.64. The van der Waals surface area contributed by atoms with Gasteiger partial charge in [-0.25, -0.2) is 0 Å². The minimum atomic E-state index is 0.674. The molecule has 0 bridgehead atoms. The third-order valence-corrected chi connectivity index (χ3v) is 4.57. The average molecular weight is 227 g/mol. The molecular weight excluding hydrogens is 206 g/mol. The van der Waals surface area contributed by atoms with Gasteiger partial charge in [-0.15, -0.1) is 0 Å². The second kappa shape index (κ2) is 5.10. The van der Waals surface area contributed by atoms with Crippen LogP contribution < -0.4 is 5.73 Å². The van der Waals surface area contributed by atoms with Crippen LogP contribution in [0.25, 0.3) is 0 Å². The highest BCUT2D eigenvalue weighted by molar-refractivity contribution is 7.99. The summed E-state index contributed by atoms with van der Waals surface area (Å²) in [5.74, 6) is 2.04. The molecule has 2 rings (SSSR count). The second-order valence-corrected chi connectivity index (χ2v) is 5.94. The van der Waals surface area contributed by atoms with Gasteiger partial charge in [0.25, 0.3) is 0 Å². The molecule has 2 fully saturated rings. The molecule has 1 saturated heterocycles. The lowest BCUT2D eigenvalue weighted by molar-refractivity contribution is 0.486. The van der Waals surface area contributed by atoms with E-state index in [9.17, 15) is 0 Å². The van der Waals surface area contributed by atoms with Crippen LogP contribution in [0.3, 0.4) is 0 Å². The summed E-state index contributed by atoms with van der Waals surface area (Å²) in [6.07, 6.45) is 6.62. The molecular formula is C11H21N3S. The maximum Gasteiger partial charge on any atom is 0.191 e. The molecule has 1 saturated carbocycles. The van der Waals surface area contributed by atoms with Crippen LogP contribution in [0, 0.1) is 0 Å². The summed E-state index contributed by atoms with van der Waals surface area (Å²) in [5, 5.41) is 0.713. The number of guanidine groups is 1. The summed E-state index contributed by atoms with van der Waals surface area (Å²) in [5.41, 5.74) is 5.94. The molecule has 0 aromatic carbocycles. The quantitative estimate of drug-likeness (QED) is 0.589. The first-order valence-electron chi connectivity index (χ1n) is 5.91. The third-order valence-electron chi connectivity index (χ3n) is 3.19. The number of rotatable bonds is 3. The van der Waals surface area contributed by atoms with Crippen molar-refractivity contribution < 1.29 is 0 Å². The smallest absolute Gasteiger partial charge is 0.191 e. The van der Waals surface area contributed by atoms with Gasteiger partial charge in [0.05, 0.1) is 6.54 Å². The van der Waals surface area contributed by atoms with Crippen LogP contribution in [0.1, 0.15) is 32.1 Å². The Hall–Kier alpha value is -0.380. The molecule has 1 heterocycles. The van der Waals surface area contributed by atoms with Crippen LogP contribution in [-0.4, -0.2) is 41.5 Å². The highest BCUT2D eigenvalue weighted by Crippen LogP contribution is 2.26. The molecule has 3 nitrogen and oxygen atoms in total. The van der Waals surface area contributed by atoms with Gasteiger partial charge in [0.2, 0.25) is 0 Å². The molecule has 0 aromatic heterocycles. The van der Waals surface area contributed by atoms with E-state index in [0.717, 1.165) is 12.5 Å². The van der Waals surface area contributed by atoms with Gasteiger partial charge in [-0.05, 0) is 31.4 Å². The van der Waals surface area contributed by atoms with E-state index < -0.39 is 0 Å². The zero-order chi connectivity index (χ0) is 10.7. The topological polar surface area (TPSA) is 41.6 Å². The van der Waals surface area contributed by atoms with Crippen molar-refractivity contribution in [3.8, 4) is 0 Å². The maximum atomic E-state index is 5.94. The molecule has 0 spiro atoms. The fourth-order valence-corrected chi connectivity index (χ4v) is 3.12. The SMILES string of the molecule is CN(C(N)=NCC1CCCCS1)C1CC1. The molecule has 2 aliphatic rings. The Morgan fingerprint density at radius 1 is 1.40 bits per heavy atom.